The topological polar surface area (TPSA) is 58.2 Å². The third-order valence-corrected chi connectivity index (χ3v) is 5.35. The zero-order chi connectivity index (χ0) is 15.9. The molecule has 0 aliphatic rings. The van der Waals surface area contributed by atoms with Crippen LogP contribution in [0.25, 0.3) is 0 Å². The van der Waals surface area contributed by atoms with Crippen molar-refractivity contribution < 1.29 is 9.00 Å². The van der Waals surface area contributed by atoms with Gasteiger partial charge in [0.1, 0.15) is 0 Å². The van der Waals surface area contributed by atoms with Crippen LogP contribution in [-0.4, -0.2) is 23.0 Å². The summed E-state index contributed by atoms with van der Waals surface area (Å²) in [4.78, 5) is 13.9. The van der Waals surface area contributed by atoms with E-state index in [1.54, 1.807) is 17.6 Å². The van der Waals surface area contributed by atoms with E-state index < -0.39 is 10.8 Å². The maximum Gasteiger partial charge on any atom is 0.315 e. The predicted molar refractivity (Wildman–Crippen MR) is 91.7 cm³/mol. The summed E-state index contributed by atoms with van der Waals surface area (Å²) in [5.74, 6) is 0.310. The monoisotopic (exact) mass is 336 g/mol. The minimum Gasteiger partial charge on any atom is -0.338 e. The number of thiophene rings is 1. The summed E-state index contributed by atoms with van der Waals surface area (Å²) in [5.41, 5.74) is 0.982. The molecular weight excluding hydrogens is 316 g/mol. The number of nitrogens with one attached hydrogen (secondary N) is 2. The number of amides is 2. The molecule has 0 spiro atoms. The van der Waals surface area contributed by atoms with Crippen LogP contribution >= 0.6 is 11.3 Å². The highest BCUT2D eigenvalue weighted by Crippen LogP contribution is 2.19. The van der Waals surface area contributed by atoms with Gasteiger partial charge in [0.05, 0.1) is 0 Å². The fraction of sp³-hybridized carbons (Fsp3) is 0.312. The van der Waals surface area contributed by atoms with E-state index in [0.29, 0.717) is 19.0 Å². The maximum atomic E-state index is 11.8. The average molecular weight is 336 g/mol. The van der Waals surface area contributed by atoms with Gasteiger partial charge in [0.2, 0.25) is 0 Å². The number of urea groups is 1. The molecule has 1 aromatic carbocycles. The number of carbonyl (C=O) groups is 1. The minimum absolute atomic E-state index is 0.174. The lowest BCUT2D eigenvalue weighted by Gasteiger charge is -2.12. The molecule has 0 fully saturated rings. The summed E-state index contributed by atoms with van der Waals surface area (Å²) in [5, 5.41) is 7.74. The average Bonchev–Trinajstić information content (AvgIpc) is 3.05. The summed E-state index contributed by atoms with van der Waals surface area (Å²) in [6, 6.07) is 11.3. The van der Waals surface area contributed by atoms with Crippen LogP contribution in [0, 0.1) is 0 Å². The van der Waals surface area contributed by atoms with E-state index in [1.807, 2.05) is 35.7 Å². The zero-order valence-electron chi connectivity index (χ0n) is 12.7. The maximum absolute atomic E-state index is 11.8. The summed E-state index contributed by atoms with van der Waals surface area (Å²) in [7, 11) is -0.972. The molecule has 0 bridgehead atoms. The van der Waals surface area contributed by atoms with E-state index in [9.17, 15) is 9.00 Å². The zero-order valence-corrected chi connectivity index (χ0v) is 14.3. The molecule has 0 saturated heterocycles. The number of benzene rings is 1. The van der Waals surface area contributed by atoms with Gasteiger partial charge in [0.25, 0.3) is 0 Å². The molecule has 2 atom stereocenters. The third kappa shape index (κ3) is 4.96. The van der Waals surface area contributed by atoms with Gasteiger partial charge >= 0.3 is 6.03 Å². The highest BCUT2D eigenvalue weighted by molar-refractivity contribution is 7.84. The Morgan fingerprint density at radius 3 is 2.55 bits per heavy atom. The lowest BCUT2D eigenvalue weighted by Crippen LogP contribution is -2.36. The highest BCUT2D eigenvalue weighted by atomic mass is 32.2. The van der Waals surface area contributed by atoms with Gasteiger partial charge in [-0.15, -0.1) is 11.3 Å². The summed E-state index contributed by atoms with van der Waals surface area (Å²) in [6.45, 7) is 3.16. The normalized spacial score (nSPS) is 13.4. The largest absolute Gasteiger partial charge is 0.338 e. The van der Waals surface area contributed by atoms with Crippen molar-refractivity contribution in [2.75, 3.05) is 12.8 Å². The van der Waals surface area contributed by atoms with Crippen molar-refractivity contribution >= 4 is 28.2 Å². The highest BCUT2D eigenvalue weighted by Gasteiger charge is 2.08. The Bertz CT molecular complexity index is 624. The fourth-order valence-electron chi connectivity index (χ4n) is 1.96. The Hall–Kier alpha value is -1.66. The number of rotatable bonds is 6. The van der Waals surface area contributed by atoms with Gasteiger partial charge in [-0.05, 0) is 29.1 Å². The quantitative estimate of drug-likeness (QED) is 0.852. The lowest BCUT2D eigenvalue weighted by molar-refractivity contribution is 0.240. The second-order valence-electron chi connectivity index (χ2n) is 5.08. The van der Waals surface area contributed by atoms with E-state index in [1.165, 1.54) is 4.88 Å². The Labute approximate surface area is 137 Å². The van der Waals surface area contributed by atoms with Gasteiger partial charge < -0.3 is 10.6 Å². The van der Waals surface area contributed by atoms with Crippen LogP contribution < -0.4 is 10.6 Å². The van der Waals surface area contributed by atoms with Gasteiger partial charge in [-0.1, -0.05) is 25.1 Å². The molecule has 2 unspecified atom stereocenters. The van der Waals surface area contributed by atoms with Crippen molar-refractivity contribution in [3.05, 3.63) is 52.2 Å². The Morgan fingerprint density at radius 1 is 1.23 bits per heavy atom. The molecule has 1 aromatic heterocycles. The first-order chi connectivity index (χ1) is 10.6. The van der Waals surface area contributed by atoms with Crippen molar-refractivity contribution in [2.24, 2.45) is 0 Å². The van der Waals surface area contributed by atoms with Crippen molar-refractivity contribution in [1.82, 2.24) is 10.6 Å². The first kappa shape index (κ1) is 16.7. The predicted octanol–water partition coefficient (Wildman–Crippen LogP) is 3.09. The summed E-state index contributed by atoms with van der Waals surface area (Å²) in [6.07, 6.45) is 1.65. The van der Waals surface area contributed by atoms with E-state index in [4.69, 9.17) is 0 Å². The number of carbonyl (C=O) groups excluding carboxylic acids is 1. The molecule has 2 rings (SSSR count). The summed E-state index contributed by atoms with van der Waals surface area (Å²) < 4.78 is 11.3. The molecule has 2 aromatic rings. The van der Waals surface area contributed by atoms with Gasteiger partial charge in [0, 0.05) is 45.8 Å². The SMILES string of the molecule is CC(CNC(=O)NCc1ccc(S(C)=O)cc1)c1cccs1. The first-order valence-corrected chi connectivity index (χ1v) is 9.47. The van der Waals surface area contributed by atoms with Crippen LogP contribution in [0.5, 0.6) is 0 Å². The van der Waals surface area contributed by atoms with Crippen LogP contribution in [-0.2, 0) is 17.3 Å². The lowest BCUT2D eigenvalue weighted by atomic mass is 10.1. The van der Waals surface area contributed by atoms with Crippen LogP contribution in [0.3, 0.4) is 0 Å². The van der Waals surface area contributed by atoms with Gasteiger partial charge in [-0.3, -0.25) is 4.21 Å². The van der Waals surface area contributed by atoms with E-state index >= 15 is 0 Å². The molecule has 0 saturated carbocycles. The fourth-order valence-corrected chi connectivity index (χ4v) is 3.27. The Balaban J connectivity index is 1.74. The molecule has 4 nitrogen and oxygen atoms in total. The molecule has 0 aliphatic carbocycles. The van der Waals surface area contributed by atoms with Gasteiger partial charge in [-0.25, -0.2) is 4.79 Å². The standard InChI is InChI=1S/C16H20N2O2S2/c1-12(15-4-3-9-21-15)10-17-16(19)18-11-13-5-7-14(8-6-13)22(2)20/h3-9,12H,10-11H2,1-2H3,(H2,17,18,19). The van der Waals surface area contributed by atoms with E-state index in [2.05, 4.69) is 23.6 Å². The van der Waals surface area contributed by atoms with Crippen molar-refractivity contribution in [1.29, 1.82) is 0 Å². The van der Waals surface area contributed by atoms with Crippen LogP contribution in [0.2, 0.25) is 0 Å². The number of hydrogen-bond donors (Lipinski definition) is 2. The third-order valence-electron chi connectivity index (χ3n) is 3.31. The van der Waals surface area contributed by atoms with Gasteiger partial charge in [0.15, 0.2) is 0 Å². The molecular formula is C16H20N2O2S2. The molecule has 2 amide bonds. The van der Waals surface area contributed by atoms with Gasteiger partial charge in [-0.2, -0.15) is 0 Å². The Kier molecular flexibility index (Phi) is 6.15. The molecule has 0 radical (unpaired) electrons. The van der Waals surface area contributed by atoms with Crippen LogP contribution in [0.4, 0.5) is 4.79 Å². The summed E-state index contributed by atoms with van der Waals surface area (Å²) >= 11 is 1.70. The van der Waals surface area contributed by atoms with Crippen LogP contribution in [0.15, 0.2) is 46.7 Å². The van der Waals surface area contributed by atoms with E-state index in [0.717, 1.165) is 10.5 Å². The van der Waals surface area contributed by atoms with Crippen molar-refractivity contribution in [3.8, 4) is 0 Å². The van der Waals surface area contributed by atoms with E-state index in [-0.39, 0.29) is 6.03 Å². The number of hydrogen-bond acceptors (Lipinski definition) is 3. The van der Waals surface area contributed by atoms with Crippen molar-refractivity contribution in [3.63, 3.8) is 0 Å². The smallest absolute Gasteiger partial charge is 0.315 e. The molecule has 0 aliphatic heterocycles. The second kappa shape index (κ2) is 8.10. The first-order valence-electron chi connectivity index (χ1n) is 7.03. The van der Waals surface area contributed by atoms with Crippen molar-refractivity contribution in [2.45, 2.75) is 24.3 Å². The Morgan fingerprint density at radius 2 is 1.95 bits per heavy atom. The molecule has 2 N–H and O–H groups in total. The molecule has 1 heterocycles. The molecule has 6 heteroatoms. The van der Waals surface area contributed by atoms with Crippen LogP contribution in [0.1, 0.15) is 23.3 Å². The second-order valence-corrected chi connectivity index (χ2v) is 7.44. The minimum atomic E-state index is -0.972. The molecule has 22 heavy (non-hydrogen) atoms. The molecule has 118 valence electrons.